The molecule has 1 amide bonds. The van der Waals surface area contributed by atoms with Gasteiger partial charge in [0.1, 0.15) is 6.04 Å². The van der Waals surface area contributed by atoms with Gasteiger partial charge in [-0.15, -0.1) is 24.8 Å². The highest BCUT2D eigenvalue weighted by Gasteiger charge is 2.29. The molecular weight excluding hydrogens is 349 g/mol. The van der Waals surface area contributed by atoms with Gasteiger partial charge in [-0.2, -0.15) is 0 Å². The van der Waals surface area contributed by atoms with Crippen molar-refractivity contribution in [2.24, 2.45) is 0 Å². The zero-order chi connectivity index (χ0) is 15.5. The number of anilines is 1. The fraction of sp³-hybridized carbons (Fsp3) is 0.588. The van der Waals surface area contributed by atoms with Crippen molar-refractivity contribution in [3.05, 3.63) is 29.8 Å². The van der Waals surface area contributed by atoms with Gasteiger partial charge in [-0.1, -0.05) is 18.2 Å². The monoisotopic (exact) mass is 375 g/mol. The van der Waals surface area contributed by atoms with Crippen LogP contribution in [0.15, 0.2) is 24.3 Å². The van der Waals surface area contributed by atoms with Crippen LogP contribution in [0, 0.1) is 0 Å². The molecule has 2 aliphatic rings. The Morgan fingerprint density at radius 1 is 1.42 bits per heavy atom. The van der Waals surface area contributed by atoms with Crippen molar-refractivity contribution in [1.29, 1.82) is 0 Å². The molecule has 0 aliphatic carbocycles. The molecule has 1 aromatic carbocycles. The molecule has 136 valence electrons. The number of hydrogen-bond donors (Lipinski definition) is 2. The van der Waals surface area contributed by atoms with Crippen LogP contribution in [-0.2, 0) is 16.0 Å². The second-order valence-corrected chi connectivity index (χ2v) is 6.17. The number of fused-ring (bicyclic) bond motifs is 1. The van der Waals surface area contributed by atoms with Crippen molar-refractivity contribution in [3.63, 3.8) is 0 Å². The van der Waals surface area contributed by atoms with E-state index in [4.69, 9.17) is 4.74 Å². The van der Waals surface area contributed by atoms with E-state index in [0.29, 0.717) is 13.2 Å². The van der Waals surface area contributed by atoms with E-state index in [1.807, 2.05) is 6.92 Å². The van der Waals surface area contributed by atoms with Crippen molar-refractivity contribution in [2.75, 3.05) is 31.1 Å². The summed E-state index contributed by atoms with van der Waals surface area (Å²) in [4.78, 5) is 14.7. The number of rotatable bonds is 4. The lowest BCUT2D eigenvalue weighted by atomic mass is 10.1. The van der Waals surface area contributed by atoms with Gasteiger partial charge in [-0.05, 0) is 31.9 Å². The zero-order valence-corrected chi connectivity index (χ0v) is 15.8. The van der Waals surface area contributed by atoms with Crippen LogP contribution in [0.25, 0.3) is 0 Å². The van der Waals surface area contributed by atoms with Gasteiger partial charge in [-0.3, -0.25) is 4.79 Å². The molecule has 2 heterocycles. The quantitative estimate of drug-likeness (QED) is 0.841. The Bertz CT molecular complexity index is 544. The third-order valence-corrected chi connectivity index (χ3v) is 4.63. The number of hydrogen-bond acceptors (Lipinski definition) is 4. The number of nitrogens with one attached hydrogen (secondary N) is 2. The molecule has 1 fully saturated rings. The highest BCUT2D eigenvalue weighted by molar-refractivity contribution is 5.85. The highest BCUT2D eigenvalue weighted by atomic mass is 35.5. The molecule has 1 saturated heterocycles. The van der Waals surface area contributed by atoms with E-state index in [1.165, 1.54) is 11.3 Å². The maximum absolute atomic E-state index is 12.3. The third kappa shape index (κ3) is 4.54. The van der Waals surface area contributed by atoms with E-state index in [0.717, 1.165) is 19.5 Å². The summed E-state index contributed by atoms with van der Waals surface area (Å²) in [7, 11) is 0. The van der Waals surface area contributed by atoms with Crippen molar-refractivity contribution < 1.29 is 9.53 Å². The van der Waals surface area contributed by atoms with Gasteiger partial charge in [-0.25, -0.2) is 0 Å². The van der Waals surface area contributed by atoms with Crippen molar-refractivity contribution in [1.82, 2.24) is 10.6 Å². The molecular formula is C17H27Cl2N3O2. The summed E-state index contributed by atoms with van der Waals surface area (Å²) in [5.74, 6) is 0.0338. The molecule has 7 heteroatoms. The first-order chi connectivity index (χ1) is 10.7. The Labute approximate surface area is 156 Å². The fourth-order valence-corrected chi connectivity index (χ4v) is 3.32. The number of halogens is 2. The lowest BCUT2D eigenvalue weighted by Gasteiger charge is -2.31. The van der Waals surface area contributed by atoms with E-state index in [1.54, 1.807) is 0 Å². The van der Waals surface area contributed by atoms with Gasteiger partial charge < -0.3 is 20.3 Å². The van der Waals surface area contributed by atoms with Crippen molar-refractivity contribution in [2.45, 2.75) is 38.5 Å². The van der Waals surface area contributed by atoms with Crippen LogP contribution in [0.3, 0.4) is 0 Å². The summed E-state index contributed by atoms with van der Waals surface area (Å²) in [5.41, 5.74) is 2.70. The fourth-order valence-electron chi connectivity index (χ4n) is 3.32. The number of nitrogens with zero attached hydrogens (tertiary/aromatic N) is 1. The number of ether oxygens (including phenoxy) is 1. The number of benzene rings is 1. The Balaban J connectivity index is 0.00000144. The Morgan fingerprint density at radius 3 is 2.92 bits per heavy atom. The summed E-state index contributed by atoms with van der Waals surface area (Å²) in [6.45, 7) is 7.19. The second-order valence-electron chi connectivity index (χ2n) is 6.17. The van der Waals surface area contributed by atoms with Crippen LogP contribution >= 0.6 is 24.8 Å². The van der Waals surface area contributed by atoms with Crippen molar-refractivity contribution in [3.8, 4) is 0 Å². The van der Waals surface area contributed by atoms with Gasteiger partial charge in [0.05, 0.1) is 12.7 Å². The van der Waals surface area contributed by atoms with E-state index in [-0.39, 0.29) is 48.9 Å². The summed E-state index contributed by atoms with van der Waals surface area (Å²) in [6.07, 6.45) is 1.01. The van der Waals surface area contributed by atoms with Crippen LogP contribution < -0.4 is 15.5 Å². The molecule has 5 nitrogen and oxygen atoms in total. The number of carbonyl (C=O) groups is 1. The van der Waals surface area contributed by atoms with E-state index >= 15 is 0 Å². The molecule has 3 atom stereocenters. The van der Waals surface area contributed by atoms with Crippen molar-refractivity contribution >= 4 is 36.4 Å². The lowest BCUT2D eigenvalue weighted by Crippen LogP contribution is -2.56. The average Bonchev–Trinajstić information content (AvgIpc) is 2.97. The normalized spacial score (nSPS) is 23.5. The molecule has 2 aliphatic heterocycles. The molecule has 0 bridgehead atoms. The summed E-state index contributed by atoms with van der Waals surface area (Å²) < 4.78 is 5.53. The van der Waals surface area contributed by atoms with Crippen LogP contribution in [-0.4, -0.2) is 50.3 Å². The third-order valence-electron chi connectivity index (χ3n) is 4.63. The smallest absolute Gasteiger partial charge is 0.239 e. The summed E-state index contributed by atoms with van der Waals surface area (Å²) >= 11 is 0. The SMILES string of the molecule is CC(CNC(=O)[C@H]1NCCO[C@@H]1C)N1CCc2ccccc21.Cl.Cl. The van der Waals surface area contributed by atoms with Gasteiger partial charge >= 0.3 is 0 Å². The Kier molecular flexibility index (Phi) is 8.30. The molecule has 0 saturated carbocycles. The van der Waals surface area contributed by atoms with Crippen LogP contribution in [0.1, 0.15) is 19.4 Å². The van der Waals surface area contributed by atoms with Crippen LogP contribution in [0.2, 0.25) is 0 Å². The predicted octanol–water partition coefficient (Wildman–Crippen LogP) is 1.77. The van der Waals surface area contributed by atoms with Gasteiger partial charge in [0.15, 0.2) is 0 Å². The number of amides is 1. The van der Waals surface area contributed by atoms with E-state index in [9.17, 15) is 4.79 Å². The summed E-state index contributed by atoms with van der Waals surface area (Å²) in [6, 6.07) is 8.56. The molecule has 1 unspecified atom stereocenters. The van der Waals surface area contributed by atoms with Crippen LogP contribution in [0.5, 0.6) is 0 Å². The highest BCUT2D eigenvalue weighted by Crippen LogP contribution is 2.28. The first-order valence-electron chi connectivity index (χ1n) is 8.14. The second kappa shape index (κ2) is 9.47. The molecule has 24 heavy (non-hydrogen) atoms. The topological polar surface area (TPSA) is 53.6 Å². The maximum Gasteiger partial charge on any atom is 0.239 e. The standard InChI is InChI=1S/C17H25N3O2.2ClH/c1-12(20-9-7-14-5-3-4-6-15(14)20)11-19-17(21)16-13(2)22-10-8-18-16;;/h3-6,12-13,16,18H,7-11H2,1-2H3,(H,19,21);2*1H/t12?,13-,16+;;/m1../s1. The number of morpholine rings is 1. The first kappa shape index (κ1) is 21.0. The molecule has 1 aromatic rings. The Hall–Kier alpha value is -1.01. The minimum atomic E-state index is -0.244. The molecule has 3 rings (SSSR count). The Morgan fingerprint density at radius 2 is 2.17 bits per heavy atom. The maximum atomic E-state index is 12.3. The van der Waals surface area contributed by atoms with Gasteiger partial charge in [0.2, 0.25) is 5.91 Å². The first-order valence-corrected chi connectivity index (χ1v) is 8.14. The average molecular weight is 376 g/mol. The zero-order valence-electron chi connectivity index (χ0n) is 14.2. The predicted molar refractivity (Wildman–Crippen MR) is 102 cm³/mol. The van der Waals surface area contributed by atoms with Gasteiger partial charge in [0, 0.05) is 31.4 Å². The molecule has 0 aromatic heterocycles. The molecule has 2 N–H and O–H groups in total. The van der Waals surface area contributed by atoms with Crippen LogP contribution in [0.4, 0.5) is 5.69 Å². The largest absolute Gasteiger partial charge is 0.375 e. The number of carbonyl (C=O) groups excluding carboxylic acids is 1. The number of para-hydroxylation sites is 1. The van der Waals surface area contributed by atoms with Gasteiger partial charge in [0.25, 0.3) is 0 Å². The lowest BCUT2D eigenvalue weighted by molar-refractivity contribution is -0.128. The minimum absolute atomic E-state index is 0. The molecule has 0 radical (unpaired) electrons. The minimum Gasteiger partial charge on any atom is -0.375 e. The molecule has 0 spiro atoms. The van der Waals surface area contributed by atoms with E-state index < -0.39 is 0 Å². The van der Waals surface area contributed by atoms with E-state index in [2.05, 4.69) is 46.7 Å². The summed E-state index contributed by atoms with van der Waals surface area (Å²) in [5, 5.41) is 6.29.